The minimum atomic E-state index is -4.75. The number of alkyl halides is 3. The van der Waals surface area contributed by atoms with Crippen LogP contribution in [-0.4, -0.2) is 25.3 Å². The molecule has 0 radical (unpaired) electrons. The van der Waals surface area contributed by atoms with Gasteiger partial charge in [-0.05, 0) is 12.1 Å². The van der Waals surface area contributed by atoms with Gasteiger partial charge in [-0.2, -0.15) is 13.2 Å². The molecule has 0 atom stereocenters. The Kier molecular flexibility index (Phi) is 5.87. The first-order valence-electron chi connectivity index (χ1n) is 4.87. The van der Waals surface area contributed by atoms with Crippen molar-refractivity contribution >= 4 is 14.1 Å². The van der Waals surface area contributed by atoms with Gasteiger partial charge in [-0.25, -0.2) is 0 Å². The number of hydrogen-bond donors (Lipinski definition) is 1. The molecule has 0 spiro atoms. The molecule has 0 aromatic carbocycles. The number of amides is 1. The number of nitrogens with one attached hydrogen (secondary N) is 1. The fourth-order valence-corrected chi connectivity index (χ4v) is 1.55. The fraction of sp³-hybridized carbons (Fsp3) is 0.400. The highest BCUT2D eigenvalue weighted by molar-refractivity contribution is 6.75. The molecule has 0 unspecified atom stereocenters. The molecule has 0 aliphatic carbocycles. The van der Waals surface area contributed by atoms with Gasteiger partial charge in [-0.15, -0.1) is 0 Å². The molecule has 1 heterocycles. The summed E-state index contributed by atoms with van der Waals surface area (Å²) in [5.41, 5.74) is 0. The molecule has 1 N–H and O–H groups in total. The summed E-state index contributed by atoms with van der Waals surface area (Å²) in [6.45, 7) is 4.86. The van der Waals surface area contributed by atoms with Gasteiger partial charge in [0.1, 0.15) is 8.24 Å². The molecule has 1 aromatic rings. The fourth-order valence-electron chi connectivity index (χ4n) is 0.724. The number of halogens is 3. The number of carbonyl (C=O) groups excluding carboxylic acids is 1. The third-order valence-corrected chi connectivity index (χ3v) is 2.29. The number of carbonyl (C=O) groups is 1. The monoisotopic (exact) mass is 264 g/mol. The molecular formula is C10H15F3N2OSi. The zero-order valence-electron chi connectivity index (χ0n) is 9.88. The quantitative estimate of drug-likeness (QED) is 0.792. The largest absolute Gasteiger partial charge is 0.470 e. The van der Waals surface area contributed by atoms with Crippen LogP contribution in [0.4, 0.5) is 13.2 Å². The maximum Gasteiger partial charge on any atom is 0.470 e. The van der Waals surface area contributed by atoms with Crippen molar-refractivity contribution in [2.75, 3.05) is 0 Å². The Balaban J connectivity index is 0.000000354. The van der Waals surface area contributed by atoms with Crippen molar-refractivity contribution in [3.8, 4) is 0 Å². The minimum Gasteiger partial charge on any atom is -0.375 e. The van der Waals surface area contributed by atoms with Crippen LogP contribution < -0.4 is 4.98 Å². The second kappa shape index (κ2) is 6.38. The lowest BCUT2D eigenvalue weighted by Gasteiger charge is -2.18. The van der Waals surface area contributed by atoms with E-state index in [2.05, 4.69) is 4.98 Å². The minimum absolute atomic E-state index is 1.62. The van der Waals surface area contributed by atoms with E-state index in [4.69, 9.17) is 0 Å². The molecule has 96 valence electrons. The highest BCUT2D eigenvalue weighted by atomic mass is 28.3. The van der Waals surface area contributed by atoms with Gasteiger partial charge in [0.15, 0.2) is 0 Å². The second-order valence-corrected chi connectivity index (χ2v) is 8.98. The predicted octanol–water partition coefficient (Wildman–Crippen LogP) is 2.58. The van der Waals surface area contributed by atoms with E-state index in [1.807, 2.05) is 23.2 Å². The van der Waals surface area contributed by atoms with Crippen molar-refractivity contribution < 1.29 is 18.0 Å². The molecule has 0 saturated carbocycles. The van der Waals surface area contributed by atoms with Gasteiger partial charge in [0.05, 0.1) is 0 Å². The van der Waals surface area contributed by atoms with Crippen molar-refractivity contribution in [3.63, 3.8) is 0 Å². The first-order valence-corrected chi connectivity index (χ1v) is 8.37. The number of pyridine rings is 1. The Bertz CT molecular complexity index is 309. The van der Waals surface area contributed by atoms with Crippen LogP contribution in [0.15, 0.2) is 30.6 Å². The van der Waals surface area contributed by atoms with Gasteiger partial charge in [-0.1, -0.05) is 25.7 Å². The van der Waals surface area contributed by atoms with Crippen LogP contribution in [0.2, 0.25) is 19.6 Å². The summed E-state index contributed by atoms with van der Waals surface area (Å²) < 4.78 is 34.8. The maximum absolute atomic E-state index is 11.6. The SMILES string of the molecule is C[Si](C)(C)NC(=O)C(F)(F)F.c1ccncc1. The zero-order chi connectivity index (χ0) is 13.5. The molecule has 1 amide bonds. The summed E-state index contributed by atoms with van der Waals surface area (Å²) in [5, 5.41) is 0. The van der Waals surface area contributed by atoms with E-state index in [0.717, 1.165) is 0 Å². The molecular weight excluding hydrogens is 249 g/mol. The van der Waals surface area contributed by atoms with Crippen LogP contribution >= 0.6 is 0 Å². The highest BCUT2D eigenvalue weighted by Crippen LogP contribution is 2.15. The lowest BCUT2D eigenvalue weighted by atomic mass is 10.5. The third kappa shape index (κ3) is 9.55. The Morgan fingerprint density at radius 3 is 1.71 bits per heavy atom. The predicted molar refractivity (Wildman–Crippen MR) is 61.8 cm³/mol. The van der Waals surface area contributed by atoms with Crippen LogP contribution in [0, 0.1) is 0 Å². The van der Waals surface area contributed by atoms with Gasteiger partial charge in [0, 0.05) is 12.4 Å². The molecule has 0 fully saturated rings. The average Bonchev–Trinajstić information content (AvgIpc) is 2.17. The average molecular weight is 264 g/mol. The molecule has 0 aliphatic rings. The highest BCUT2D eigenvalue weighted by Gasteiger charge is 2.40. The van der Waals surface area contributed by atoms with Crippen LogP contribution in [0.3, 0.4) is 0 Å². The summed E-state index contributed by atoms with van der Waals surface area (Å²) in [7, 11) is -2.15. The van der Waals surface area contributed by atoms with Gasteiger partial charge >= 0.3 is 12.1 Å². The van der Waals surface area contributed by atoms with E-state index < -0.39 is 20.3 Å². The van der Waals surface area contributed by atoms with Crippen LogP contribution in [-0.2, 0) is 4.79 Å². The lowest BCUT2D eigenvalue weighted by Crippen LogP contribution is -2.50. The maximum atomic E-state index is 11.6. The number of aromatic nitrogens is 1. The van der Waals surface area contributed by atoms with Crippen LogP contribution in [0.1, 0.15) is 0 Å². The third-order valence-electron chi connectivity index (χ3n) is 1.31. The Hall–Kier alpha value is -1.37. The smallest absolute Gasteiger partial charge is 0.375 e. The van der Waals surface area contributed by atoms with Gasteiger partial charge in [0.25, 0.3) is 0 Å². The lowest BCUT2D eigenvalue weighted by molar-refractivity contribution is -0.171. The number of nitrogens with zero attached hydrogens (tertiary/aromatic N) is 1. The topological polar surface area (TPSA) is 42.0 Å². The normalized spacial score (nSPS) is 11.2. The Labute approximate surface area is 99.2 Å². The van der Waals surface area contributed by atoms with Crippen LogP contribution in [0.25, 0.3) is 0 Å². The molecule has 0 saturated heterocycles. The van der Waals surface area contributed by atoms with Crippen molar-refractivity contribution in [1.82, 2.24) is 9.97 Å². The van der Waals surface area contributed by atoms with Crippen LogP contribution in [0.5, 0.6) is 0 Å². The first kappa shape index (κ1) is 15.6. The molecule has 1 aromatic heterocycles. The van der Waals surface area contributed by atoms with Crippen molar-refractivity contribution in [2.45, 2.75) is 25.8 Å². The number of hydrogen-bond acceptors (Lipinski definition) is 2. The molecule has 0 bridgehead atoms. The summed E-state index contributed by atoms with van der Waals surface area (Å²) in [6, 6.07) is 5.72. The zero-order valence-corrected chi connectivity index (χ0v) is 10.9. The Morgan fingerprint density at radius 2 is 1.59 bits per heavy atom. The van der Waals surface area contributed by atoms with E-state index in [-0.39, 0.29) is 0 Å². The van der Waals surface area contributed by atoms with E-state index in [1.54, 1.807) is 32.0 Å². The van der Waals surface area contributed by atoms with E-state index in [0.29, 0.717) is 0 Å². The second-order valence-electron chi connectivity index (χ2n) is 4.23. The molecule has 7 heteroatoms. The van der Waals surface area contributed by atoms with Crippen molar-refractivity contribution in [3.05, 3.63) is 30.6 Å². The van der Waals surface area contributed by atoms with E-state index >= 15 is 0 Å². The van der Waals surface area contributed by atoms with E-state index in [9.17, 15) is 18.0 Å². The molecule has 0 aliphatic heterocycles. The molecule has 1 rings (SSSR count). The van der Waals surface area contributed by atoms with Crippen molar-refractivity contribution in [1.29, 1.82) is 0 Å². The number of rotatable bonds is 1. The summed E-state index contributed by atoms with van der Waals surface area (Å²) in [5.74, 6) is -1.84. The summed E-state index contributed by atoms with van der Waals surface area (Å²) in [6.07, 6.45) is -1.25. The van der Waals surface area contributed by atoms with Gasteiger partial charge in [-0.3, -0.25) is 9.78 Å². The standard InChI is InChI=1S/C5H10F3NOSi.C5H5N/c1-11(2,3)9-4(10)5(6,7)8;1-2-4-6-5-3-1/h1-3H3,(H,9,10);1-5H. The van der Waals surface area contributed by atoms with Gasteiger partial charge in [0.2, 0.25) is 0 Å². The summed E-state index contributed by atoms with van der Waals surface area (Å²) >= 11 is 0. The molecule has 17 heavy (non-hydrogen) atoms. The Morgan fingerprint density at radius 1 is 1.12 bits per heavy atom. The molecule has 3 nitrogen and oxygen atoms in total. The van der Waals surface area contributed by atoms with Crippen molar-refractivity contribution in [2.24, 2.45) is 0 Å². The summed E-state index contributed by atoms with van der Waals surface area (Å²) in [4.78, 5) is 16.0. The van der Waals surface area contributed by atoms with Gasteiger partial charge < -0.3 is 4.98 Å². The van der Waals surface area contributed by atoms with E-state index in [1.165, 1.54) is 0 Å². The first-order chi connectivity index (χ1) is 7.63.